The van der Waals surface area contributed by atoms with Crippen molar-refractivity contribution in [2.24, 2.45) is 5.92 Å². The fourth-order valence-electron chi connectivity index (χ4n) is 5.48. The molecule has 2 N–H and O–H groups in total. The van der Waals surface area contributed by atoms with Crippen molar-refractivity contribution in [2.45, 2.75) is 64.0 Å². The van der Waals surface area contributed by atoms with Crippen molar-refractivity contribution < 1.29 is 24.2 Å². The van der Waals surface area contributed by atoms with Crippen molar-refractivity contribution in [3.63, 3.8) is 0 Å². The summed E-state index contributed by atoms with van der Waals surface area (Å²) in [5, 5.41) is 12.2. The molecule has 186 valence electrons. The van der Waals surface area contributed by atoms with E-state index < -0.39 is 18.0 Å². The van der Waals surface area contributed by atoms with E-state index in [-0.39, 0.29) is 36.9 Å². The summed E-state index contributed by atoms with van der Waals surface area (Å²) >= 11 is 0. The molecule has 1 heterocycles. The minimum absolute atomic E-state index is 0.0178. The highest BCUT2D eigenvalue weighted by molar-refractivity contribution is 5.80. The molecule has 2 amide bonds. The SMILES string of the molecule is CCCC(CC(=O)N1CC[C@@H](C(=O)O)C[C@H]1C)NC(=O)OCC1c2ccccc2-c2ccccc21. The van der Waals surface area contributed by atoms with Crippen LogP contribution in [0.4, 0.5) is 4.79 Å². The first kappa shape index (κ1) is 24.8. The third-order valence-electron chi connectivity index (χ3n) is 7.27. The molecule has 2 aromatic carbocycles. The van der Waals surface area contributed by atoms with Gasteiger partial charge in [0.1, 0.15) is 6.61 Å². The fraction of sp³-hybridized carbons (Fsp3) is 0.464. The van der Waals surface area contributed by atoms with Crippen LogP contribution < -0.4 is 5.32 Å². The third-order valence-corrected chi connectivity index (χ3v) is 7.27. The number of carboxylic acids is 1. The number of likely N-dealkylation sites (tertiary alicyclic amines) is 1. The molecule has 2 aromatic rings. The minimum Gasteiger partial charge on any atom is -0.481 e. The number of piperidine rings is 1. The lowest BCUT2D eigenvalue weighted by molar-refractivity contribution is -0.147. The average molecular weight is 479 g/mol. The van der Waals surface area contributed by atoms with E-state index in [4.69, 9.17) is 4.74 Å². The molecule has 0 spiro atoms. The number of amides is 2. The van der Waals surface area contributed by atoms with Crippen LogP contribution in [0.5, 0.6) is 0 Å². The summed E-state index contributed by atoms with van der Waals surface area (Å²) in [6.07, 6.45) is 2.06. The average Bonchev–Trinajstić information content (AvgIpc) is 3.16. The summed E-state index contributed by atoms with van der Waals surface area (Å²) in [5.41, 5.74) is 4.65. The van der Waals surface area contributed by atoms with Crippen molar-refractivity contribution >= 4 is 18.0 Å². The maximum atomic E-state index is 13.0. The zero-order valence-corrected chi connectivity index (χ0v) is 20.4. The van der Waals surface area contributed by atoms with Gasteiger partial charge < -0.3 is 20.1 Å². The number of ether oxygens (including phenoxy) is 1. The number of aliphatic carboxylic acids is 1. The molecule has 0 bridgehead atoms. The summed E-state index contributed by atoms with van der Waals surface area (Å²) < 4.78 is 5.66. The molecule has 0 aromatic heterocycles. The largest absolute Gasteiger partial charge is 0.481 e. The van der Waals surface area contributed by atoms with Crippen LogP contribution in [0.25, 0.3) is 11.1 Å². The topological polar surface area (TPSA) is 95.9 Å². The summed E-state index contributed by atoms with van der Waals surface area (Å²) in [6.45, 7) is 4.56. The van der Waals surface area contributed by atoms with Crippen LogP contribution in [-0.4, -0.2) is 53.2 Å². The molecule has 3 atom stereocenters. The van der Waals surface area contributed by atoms with E-state index in [9.17, 15) is 19.5 Å². The number of nitrogens with one attached hydrogen (secondary N) is 1. The lowest BCUT2D eigenvalue weighted by Crippen LogP contribution is -2.48. The molecule has 0 radical (unpaired) electrons. The summed E-state index contributed by atoms with van der Waals surface area (Å²) in [6, 6.07) is 15.9. The Kier molecular flexibility index (Phi) is 7.73. The Balaban J connectivity index is 1.34. The lowest BCUT2D eigenvalue weighted by Gasteiger charge is -2.37. The van der Waals surface area contributed by atoms with Gasteiger partial charge in [0, 0.05) is 31.0 Å². The van der Waals surface area contributed by atoms with Gasteiger partial charge in [0.25, 0.3) is 0 Å². The molecule has 1 aliphatic carbocycles. The first-order chi connectivity index (χ1) is 16.9. The Labute approximate surface area is 206 Å². The van der Waals surface area contributed by atoms with E-state index in [1.54, 1.807) is 4.90 Å². The molecule has 0 saturated carbocycles. The number of rotatable bonds is 8. The van der Waals surface area contributed by atoms with Gasteiger partial charge in [0.2, 0.25) is 5.91 Å². The third kappa shape index (κ3) is 5.50. The Hall–Kier alpha value is -3.35. The van der Waals surface area contributed by atoms with Gasteiger partial charge in [-0.05, 0) is 48.4 Å². The van der Waals surface area contributed by atoms with Crippen LogP contribution in [-0.2, 0) is 14.3 Å². The Morgan fingerprint density at radius 1 is 1.09 bits per heavy atom. The molecule has 1 aliphatic heterocycles. The molecule has 35 heavy (non-hydrogen) atoms. The molecule has 1 saturated heterocycles. The van der Waals surface area contributed by atoms with Gasteiger partial charge in [-0.3, -0.25) is 9.59 Å². The van der Waals surface area contributed by atoms with Crippen molar-refractivity contribution in [3.05, 3.63) is 59.7 Å². The van der Waals surface area contributed by atoms with Crippen molar-refractivity contribution in [1.29, 1.82) is 0 Å². The highest BCUT2D eigenvalue weighted by Crippen LogP contribution is 2.44. The van der Waals surface area contributed by atoms with E-state index in [0.717, 1.165) is 17.5 Å². The number of benzene rings is 2. The van der Waals surface area contributed by atoms with Crippen LogP contribution in [0, 0.1) is 5.92 Å². The monoisotopic (exact) mass is 478 g/mol. The normalized spacial score (nSPS) is 20.0. The van der Waals surface area contributed by atoms with Crippen LogP contribution in [0.3, 0.4) is 0 Å². The highest BCUT2D eigenvalue weighted by atomic mass is 16.5. The quantitative estimate of drug-likeness (QED) is 0.568. The predicted octanol–water partition coefficient (Wildman–Crippen LogP) is 4.80. The maximum Gasteiger partial charge on any atom is 0.407 e. The van der Waals surface area contributed by atoms with Crippen LogP contribution in [0.1, 0.15) is 63.0 Å². The molecule has 1 unspecified atom stereocenters. The van der Waals surface area contributed by atoms with Crippen molar-refractivity contribution in [3.8, 4) is 11.1 Å². The summed E-state index contributed by atoms with van der Waals surface area (Å²) in [7, 11) is 0. The number of carboxylic acid groups (broad SMARTS) is 1. The predicted molar refractivity (Wildman–Crippen MR) is 133 cm³/mol. The van der Waals surface area contributed by atoms with E-state index in [1.807, 2.05) is 38.1 Å². The number of alkyl carbamates (subject to hydrolysis) is 1. The summed E-state index contributed by atoms with van der Waals surface area (Å²) in [4.78, 5) is 38.7. The number of hydrogen-bond acceptors (Lipinski definition) is 4. The van der Waals surface area contributed by atoms with E-state index in [1.165, 1.54) is 11.1 Å². The van der Waals surface area contributed by atoms with Crippen molar-refractivity contribution in [1.82, 2.24) is 10.2 Å². The Bertz CT molecular complexity index is 1040. The molecular formula is C28H34N2O5. The lowest BCUT2D eigenvalue weighted by atomic mass is 9.91. The van der Waals surface area contributed by atoms with Gasteiger partial charge >= 0.3 is 12.1 Å². The van der Waals surface area contributed by atoms with Gasteiger partial charge in [-0.2, -0.15) is 0 Å². The van der Waals surface area contributed by atoms with Gasteiger partial charge in [-0.15, -0.1) is 0 Å². The smallest absolute Gasteiger partial charge is 0.407 e. The Morgan fingerprint density at radius 3 is 2.29 bits per heavy atom. The number of carbonyl (C=O) groups is 3. The van der Waals surface area contributed by atoms with Crippen LogP contribution in [0.15, 0.2) is 48.5 Å². The zero-order chi connectivity index (χ0) is 24.9. The van der Waals surface area contributed by atoms with Gasteiger partial charge in [-0.1, -0.05) is 61.9 Å². The second-order valence-electron chi connectivity index (χ2n) is 9.66. The molecule has 4 rings (SSSR count). The van der Waals surface area contributed by atoms with E-state index in [2.05, 4.69) is 29.6 Å². The minimum atomic E-state index is -0.801. The highest BCUT2D eigenvalue weighted by Gasteiger charge is 2.33. The van der Waals surface area contributed by atoms with Gasteiger partial charge in [-0.25, -0.2) is 4.79 Å². The molecule has 7 nitrogen and oxygen atoms in total. The van der Waals surface area contributed by atoms with Crippen LogP contribution >= 0.6 is 0 Å². The first-order valence-electron chi connectivity index (χ1n) is 12.5. The molecule has 7 heteroatoms. The molecule has 1 fully saturated rings. The zero-order valence-electron chi connectivity index (χ0n) is 20.4. The number of carbonyl (C=O) groups excluding carboxylic acids is 2. The standard InChI is InChI=1S/C28H34N2O5/c1-3-8-20(16-26(31)30-14-13-19(27(32)33)15-18(30)2)29-28(34)35-17-25-23-11-6-4-9-21(23)22-10-5-7-12-24(22)25/h4-7,9-12,18-20,25H,3,8,13-17H2,1-2H3,(H,29,34)(H,32,33)/t18-,19-,20?/m1/s1. The summed E-state index contributed by atoms with van der Waals surface area (Å²) in [5.74, 6) is -1.28. The Morgan fingerprint density at radius 2 is 1.71 bits per heavy atom. The maximum absolute atomic E-state index is 13.0. The number of hydrogen-bond donors (Lipinski definition) is 2. The molecular weight excluding hydrogens is 444 g/mol. The molecule has 2 aliphatic rings. The van der Waals surface area contributed by atoms with Crippen LogP contribution in [0.2, 0.25) is 0 Å². The van der Waals surface area contributed by atoms with Gasteiger partial charge in [0.05, 0.1) is 5.92 Å². The fourth-order valence-corrected chi connectivity index (χ4v) is 5.48. The van der Waals surface area contributed by atoms with Crippen molar-refractivity contribution in [2.75, 3.05) is 13.2 Å². The van der Waals surface area contributed by atoms with Gasteiger partial charge in [0.15, 0.2) is 0 Å². The number of nitrogens with zero attached hydrogens (tertiary/aromatic N) is 1. The second-order valence-corrected chi connectivity index (χ2v) is 9.66. The van der Waals surface area contributed by atoms with E-state index >= 15 is 0 Å². The first-order valence-corrected chi connectivity index (χ1v) is 12.5. The van der Waals surface area contributed by atoms with E-state index in [0.29, 0.717) is 25.8 Å². The second kappa shape index (κ2) is 10.9. The number of fused-ring (bicyclic) bond motifs is 3.